The van der Waals surface area contributed by atoms with Crippen molar-refractivity contribution in [2.45, 2.75) is 32.2 Å². The summed E-state index contributed by atoms with van der Waals surface area (Å²) in [5, 5.41) is 0. The maximum absolute atomic E-state index is 12.0. The van der Waals surface area contributed by atoms with Gasteiger partial charge in [-0.25, -0.2) is 13.1 Å². The number of aryl methyl sites for hydroxylation is 1. The van der Waals surface area contributed by atoms with Crippen LogP contribution in [-0.2, 0) is 23.6 Å². The third kappa shape index (κ3) is 3.83. The second-order valence-corrected chi connectivity index (χ2v) is 7.13. The first-order valence-corrected chi connectivity index (χ1v) is 6.99. The first-order chi connectivity index (χ1) is 7.65. The molecule has 0 amide bonds. The van der Waals surface area contributed by atoms with Gasteiger partial charge in [0.1, 0.15) is 0 Å². The van der Waals surface area contributed by atoms with Crippen LogP contribution in [0.25, 0.3) is 0 Å². The van der Waals surface area contributed by atoms with Crippen molar-refractivity contribution in [1.82, 2.24) is 9.29 Å². The Morgan fingerprint density at radius 1 is 1.41 bits per heavy atom. The van der Waals surface area contributed by atoms with Crippen molar-refractivity contribution in [1.29, 1.82) is 0 Å². The highest BCUT2D eigenvalue weighted by Gasteiger charge is 2.20. The molecule has 0 aliphatic carbocycles. The first-order valence-electron chi connectivity index (χ1n) is 5.51. The molecule has 98 valence electrons. The molecule has 3 N–H and O–H groups in total. The van der Waals surface area contributed by atoms with Gasteiger partial charge in [0, 0.05) is 32.0 Å². The molecule has 5 nitrogen and oxygen atoms in total. The maximum Gasteiger partial charge on any atom is 0.242 e. The van der Waals surface area contributed by atoms with Crippen LogP contribution in [0.15, 0.2) is 17.2 Å². The van der Waals surface area contributed by atoms with Crippen molar-refractivity contribution in [3.05, 3.63) is 18.0 Å². The number of rotatable bonds is 4. The van der Waals surface area contributed by atoms with E-state index in [2.05, 4.69) is 4.72 Å². The number of hydrogen-bond donors (Lipinski definition) is 2. The van der Waals surface area contributed by atoms with Crippen molar-refractivity contribution in [3.63, 3.8) is 0 Å². The van der Waals surface area contributed by atoms with E-state index in [1.165, 1.54) is 0 Å². The van der Waals surface area contributed by atoms with Gasteiger partial charge in [-0.05, 0) is 11.5 Å². The number of sulfonamides is 1. The predicted molar refractivity (Wildman–Crippen MR) is 67.9 cm³/mol. The summed E-state index contributed by atoms with van der Waals surface area (Å²) in [5.41, 5.74) is 6.22. The minimum Gasteiger partial charge on any atom is -0.352 e. The van der Waals surface area contributed by atoms with Crippen LogP contribution in [0.3, 0.4) is 0 Å². The zero-order chi connectivity index (χ0) is 13.3. The van der Waals surface area contributed by atoms with E-state index >= 15 is 0 Å². The highest BCUT2D eigenvalue weighted by molar-refractivity contribution is 7.89. The lowest BCUT2D eigenvalue weighted by molar-refractivity contribution is 0.407. The summed E-state index contributed by atoms with van der Waals surface area (Å²) in [6, 6.07) is 1.60. The van der Waals surface area contributed by atoms with E-state index in [9.17, 15) is 8.42 Å². The monoisotopic (exact) mass is 259 g/mol. The molecule has 17 heavy (non-hydrogen) atoms. The van der Waals surface area contributed by atoms with Crippen LogP contribution in [0.5, 0.6) is 0 Å². The van der Waals surface area contributed by atoms with Gasteiger partial charge in [-0.1, -0.05) is 20.8 Å². The number of aromatic nitrogens is 1. The van der Waals surface area contributed by atoms with Crippen LogP contribution in [-0.4, -0.2) is 19.5 Å². The van der Waals surface area contributed by atoms with E-state index < -0.39 is 10.0 Å². The second-order valence-electron chi connectivity index (χ2n) is 5.37. The molecule has 1 aromatic heterocycles. The van der Waals surface area contributed by atoms with E-state index in [0.29, 0.717) is 13.1 Å². The zero-order valence-corrected chi connectivity index (χ0v) is 11.6. The standard InChI is InChI=1S/C11H21N3O2S/c1-11(2,3)8-13-17(15,16)10-5-9(6-12)14(4)7-10/h5,7,13H,6,8,12H2,1-4H3. The maximum atomic E-state index is 12.0. The average Bonchev–Trinajstić information content (AvgIpc) is 2.56. The van der Waals surface area contributed by atoms with Gasteiger partial charge in [-0.15, -0.1) is 0 Å². The van der Waals surface area contributed by atoms with E-state index in [1.54, 1.807) is 23.9 Å². The summed E-state index contributed by atoms with van der Waals surface area (Å²) in [5.74, 6) is 0. The molecule has 0 fully saturated rings. The lowest BCUT2D eigenvalue weighted by atomic mass is 9.98. The van der Waals surface area contributed by atoms with Gasteiger partial charge in [-0.3, -0.25) is 0 Å². The molecule has 0 atom stereocenters. The van der Waals surface area contributed by atoms with Gasteiger partial charge < -0.3 is 10.3 Å². The topological polar surface area (TPSA) is 77.1 Å². The molecule has 1 aromatic rings. The predicted octanol–water partition coefficient (Wildman–Crippen LogP) is 0.808. The highest BCUT2D eigenvalue weighted by atomic mass is 32.2. The molecule has 0 aliphatic rings. The molecule has 0 aliphatic heterocycles. The van der Waals surface area contributed by atoms with Crippen LogP contribution in [0.2, 0.25) is 0 Å². The number of hydrogen-bond acceptors (Lipinski definition) is 3. The second kappa shape index (κ2) is 4.80. The molecular formula is C11H21N3O2S. The van der Waals surface area contributed by atoms with Gasteiger partial charge in [0.15, 0.2) is 0 Å². The summed E-state index contributed by atoms with van der Waals surface area (Å²) in [4.78, 5) is 0.268. The fourth-order valence-electron chi connectivity index (χ4n) is 1.32. The summed E-state index contributed by atoms with van der Waals surface area (Å²) >= 11 is 0. The van der Waals surface area contributed by atoms with E-state index in [-0.39, 0.29) is 10.3 Å². The normalized spacial score (nSPS) is 13.0. The van der Waals surface area contributed by atoms with Crippen molar-refractivity contribution in [2.24, 2.45) is 18.2 Å². The van der Waals surface area contributed by atoms with Gasteiger partial charge in [-0.2, -0.15) is 0 Å². The number of nitrogens with two attached hydrogens (primary N) is 1. The number of nitrogens with zero attached hydrogens (tertiary/aromatic N) is 1. The van der Waals surface area contributed by atoms with Crippen LogP contribution >= 0.6 is 0 Å². The first kappa shape index (κ1) is 14.2. The molecule has 6 heteroatoms. The van der Waals surface area contributed by atoms with Crippen LogP contribution in [0.1, 0.15) is 26.5 Å². The van der Waals surface area contributed by atoms with Crippen molar-refractivity contribution < 1.29 is 8.42 Å². The van der Waals surface area contributed by atoms with Crippen LogP contribution in [0, 0.1) is 5.41 Å². The molecular weight excluding hydrogens is 238 g/mol. The average molecular weight is 259 g/mol. The smallest absolute Gasteiger partial charge is 0.242 e. The largest absolute Gasteiger partial charge is 0.352 e. The van der Waals surface area contributed by atoms with Gasteiger partial charge in [0.25, 0.3) is 0 Å². The van der Waals surface area contributed by atoms with Crippen LogP contribution < -0.4 is 10.5 Å². The summed E-state index contributed by atoms with van der Waals surface area (Å²) in [6.07, 6.45) is 1.58. The fraction of sp³-hybridized carbons (Fsp3) is 0.636. The van der Waals surface area contributed by atoms with Crippen LogP contribution in [0.4, 0.5) is 0 Å². The minimum atomic E-state index is -3.43. The Kier molecular flexibility index (Phi) is 4.01. The van der Waals surface area contributed by atoms with E-state index in [4.69, 9.17) is 5.73 Å². The lowest BCUT2D eigenvalue weighted by Crippen LogP contribution is -2.32. The van der Waals surface area contributed by atoms with Gasteiger partial charge in [0.05, 0.1) is 4.90 Å². The lowest BCUT2D eigenvalue weighted by Gasteiger charge is -2.18. The van der Waals surface area contributed by atoms with E-state index in [1.807, 2.05) is 20.8 Å². The fourth-order valence-corrected chi connectivity index (χ4v) is 2.70. The quantitative estimate of drug-likeness (QED) is 0.840. The Labute approximate surface area is 103 Å². The van der Waals surface area contributed by atoms with Crippen molar-refractivity contribution in [2.75, 3.05) is 6.54 Å². The Hall–Kier alpha value is -0.850. The number of nitrogens with one attached hydrogen (secondary N) is 1. The molecule has 0 aromatic carbocycles. The molecule has 0 radical (unpaired) electrons. The third-order valence-electron chi connectivity index (χ3n) is 2.39. The summed E-state index contributed by atoms with van der Waals surface area (Å²) in [6.45, 7) is 6.66. The summed E-state index contributed by atoms with van der Waals surface area (Å²) < 4.78 is 28.3. The van der Waals surface area contributed by atoms with Gasteiger partial charge in [0.2, 0.25) is 10.0 Å². The van der Waals surface area contributed by atoms with E-state index in [0.717, 1.165) is 5.69 Å². The molecule has 1 rings (SSSR count). The molecule has 0 unspecified atom stereocenters. The molecule has 0 saturated heterocycles. The molecule has 0 saturated carbocycles. The Bertz CT molecular complexity index is 483. The van der Waals surface area contributed by atoms with Crippen molar-refractivity contribution >= 4 is 10.0 Å². The third-order valence-corrected chi connectivity index (χ3v) is 3.76. The summed E-state index contributed by atoms with van der Waals surface area (Å²) in [7, 11) is -1.65. The zero-order valence-electron chi connectivity index (χ0n) is 10.8. The van der Waals surface area contributed by atoms with Crippen molar-refractivity contribution in [3.8, 4) is 0 Å². The highest BCUT2D eigenvalue weighted by Crippen LogP contribution is 2.16. The Morgan fingerprint density at radius 3 is 2.41 bits per heavy atom. The SMILES string of the molecule is Cn1cc(S(=O)(=O)NCC(C)(C)C)cc1CN. The molecule has 1 heterocycles. The minimum absolute atomic E-state index is 0.0848. The molecule has 0 bridgehead atoms. The van der Waals surface area contributed by atoms with Gasteiger partial charge >= 0.3 is 0 Å². The molecule has 0 spiro atoms. The Balaban J connectivity index is 2.90. The Morgan fingerprint density at radius 2 is 2.00 bits per heavy atom.